The minimum atomic E-state index is -0.733. The average molecular weight is 374 g/mol. The zero-order valence-electron chi connectivity index (χ0n) is 10.8. The molecule has 0 amide bonds. The summed E-state index contributed by atoms with van der Waals surface area (Å²) in [6.07, 6.45) is 1.42. The molecule has 21 heavy (non-hydrogen) atoms. The van der Waals surface area contributed by atoms with Crippen molar-refractivity contribution < 1.29 is 14.4 Å². The van der Waals surface area contributed by atoms with Crippen LogP contribution in [0.15, 0.2) is 34.0 Å². The number of carbonyl (C=O) groups excluding carboxylic acids is 1. The number of H-pyrrole nitrogens is 1. The fourth-order valence-electron chi connectivity index (χ4n) is 1.48. The summed E-state index contributed by atoms with van der Waals surface area (Å²) in [4.78, 5) is 16.5. The number of hydrogen-bond donors (Lipinski definition) is 2. The normalized spacial score (nSPS) is 11.3. The molecule has 0 aliphatic carbocycles. The Morgan fingerprint density at radius 2 is 2.29 bits per heavy atom. The van der Waals surface area contributed by atoms with Crippen LogP contribution in [0, 0.1) is 0 Å². The van der Waals surface area contributed by atoms with E-state index in [1.807, 2.05) is 0 Å². The Bertz CT molecular complexity index is 702. The first-order valence-electron chi connectivity index (χ1n) is 5.60. The quantitative estimate of drug-likeness (QED) is 0.370. The molecule has 0 spiro atoms. The van der Waals surface area contributed by atoms with Gasteiger partial charge in [-0.3, -0.25) is 5.10 Å². The van der Waals surface area contributed by atoms with Crippen LogP contribution in [0.4, 0.5) is 0 Å². The van der Waals surface area contributed by atoms with Crippen LogP contribution in [0.25, 0.3) is 0 Å². The predicted octanol–water partition coefficient (Wildman–Crippen LogP) is 2.31. The molecule has 0 radical (unpaired) electrons. The van der Waals surface area contributed by atoms with Crippen LogP contribution in [0.2, 0.25) is 5.02 Å². The first-order valence-corrected chi connectivity index (χ1v) is 6.77. The van der Waals surface area contributed by atoms with E-state index < -0.39 is 5.97 Å². The van der Waals surface area contributed by atoms with E-state index in [9.17, 15) is 4.79 Å². The van der Waals surface area contributed by atoms with Crippen molar-refractivity contribution in [2.24, 2.45) is 10.9 Å². The molecule has 1 heterocycles. The van der Waals surface area contributed by atoms with E-state index >= 15 is 0 Å². The van der Waals surface area contributed by atoms with Gasteiger partial charge in [-0.1, -0.05) is 16.8 Å². The molecule has 2 rings (SSSR count). The fourth-order valence-corrected chi connectivity index (χ4v) is 2.01. The molecule has 7 nitrogen and oxygen atoms in total. The molecule has 3 N–H and O–H groups in total. The van der Waals surface area contributed by atoms with E-state index in [1.165, 1.54) is 13.3 Å². The van der Waals surface area contributed by atoms with Crippen LogP contribution in [0.1, 0.15) is 16.1 Å². The lowest BCUT2D eigenvalue weighted by Gasteiger charge is -2.07. The summed E-state index contributed by atoms with van der Waals surface area (Å²) in [7, 11) is 1.48. The third kappa shape index (κ3) is 3.53. The zero-order valence-corrected chi connectivity index (χ0v) is 13.1. The number of nitrogens with two attached hydrogens (primary N) is 1. The number of nitrogens with zero attached hydrogens (tertiary/aromatic N) is 2. The number of amidine groups is 1. The van der Waals surface area contributed by atoms with Crippen molar-refractivity contribution in [2.75, 3.05) is 7.11 Å². The first-order chi connectivity index (χ1) is 10.0. The summed E-state index contributed by atoms with van der Waals surface area (Å²) in [6.45, 7) is 0. The number of carbonyl (C=O) groups is 1. The van der Waals surface area contributed by atoms with Crippen LogP contribution < -0.4 is 10.5 Å². The molecular formula is C12H10BrClN4O3. The Morgan fingerprint density at radius 1 is 1.52 bits per heavy atom. The second-order valence-corrected chi connectivity index (χ2v) is 5.08. The van der Waals surface area contributed by atoms with Crippen LogP contribution in [-0.4, -0.2) is 29.1 Å². The molecule has 1 aromatic heterocycles. The number of hydrogen-bond acceptors (Lipinski definition) is 5. The summed E-state index contributed by atoms with van der Waals surface area (Å²) in [5.74, 6) is -0.318. The highest BCUT2D eigenvalue weighted by molar-refractivity contribution is 9.10. The SMILES string of the molecule is COc1ccc(Cl)cc1/C(N)=N/OC(=O)c1[nH]ncc1Br. The van der Waals surface area contributed by atoms with Gasteiger partial charge in [0, 0.05) is 5.02 Å². The molecular weight excluding hydrogens is 364 g/mol. The first kappa shape index (κ1) is 15.3. The van der Waals surface area contributed by atoms with E-state index in [0.717, 1.165) is 0 Å². The Hall–Kier alpha value is -2.06. The van der Waals surface area contributed by atoms with Crippen molar-refractivity contribution in [3.63, 3.8) is 0 Å². The highest BCUT2D eigenvalue weighted by Crippen LogP contribution is 2.22. The third-order valence-electron chi connectivity index (χ3n) is 2.46. The lowest BCUT2D eigenvalue weighted by Crippen LogP contribution is -2.16. The number of ether oxygens (including phenoxy) is 1. The standard InChI is InChI=1S/C12H10BrClN4O3/c1-20-9-3-2-6(14)4-7(9)11(15)18-21-12(19)10-8(13)5-16-17-10/h2-5H,1H3,(H2,15,18)(H,16,17). The van der Waals surface area contributed by atoms with E-state index in [0.29, 0.717) is 20.8 Å². The maximum atomic E-state index is 11.7. The number of aromatic amines is 1. The van der Waals surface area contributed by atoms with Gasteiger partial charge in [0.2, 0.25) is 0 Å². The molecule has 0 fully saturated rings. The van der Waals surface area contributed by atoms with Crippen molar-refractivity contribution in [3.8, 4) is 5.75 Å². The van der Waals surface area contributed by atoms with Gasteiger partial charge in [-0.15, -0.1) is 0 Å². The monoisotopic (exact) mass is 372 g/mol. The average Bonchev–Trinajstić information content (AvgIpc) is 2.90. The number of oxime groups is 1. The number of halogens is 2. The summed E-state index contributed by atoms with van der Waals surface area (Å²) in [5, 5.41) is 10.2. The molecule has 0 saturated heterocycles. The van der Waals surface area contributed by atoms with Gasteiger partial charge in [0.1, 0.15) is 5.75 Å². The number of nitrogens with one attached hydrogen (secondary N) is 1. The number of benzene rings is 1. The predicted molar refractivity (Wildman–Crippen MR) is 80.4 cm³/mol. The Morgan fingerprint density at radius 3 is 2.90 bits per heavy atom. The minimum Gasteiger partial charge on any atom is -0.496 e. The van der Waals surface area contributed by atoms with Crippen molar-refractivity contribution in [1.29, 1.82) is 0 Å². The van der Waals surface area contributed by atoms with Gasteiger partial charge < -0.3 is 15.3 Å². The molecule has 1 aromatic carbocycles. The summed E-state index contributed by atoms with van der Waals surface area (Å²) in [5.41, 5.74) is 6.32. The number of rotatable bonds is 4. The van der Waals surface area contributed by atoms with E-state index in [4.69, 9.17) is 26.9 Å². The van der Waals surface area contributed by atoms with Gasteiger partial charge in [-0.05, 0) is 34.1 Å². The topological polar surface area (TPSA) is 103 Å². The fraction of sp³-hybridized carbons (Fsp3) is 0.0833. The van der Waals surface area contributed by atoms with Crippen LogP contribution >= 0.6 is 27.5 Å². The Kier molecular flexibility index (Phi) is 4.81. The molecule has 0 aliphatic rings. The summed E-state index contributed by atoms with van der Waals surface area (Å²) < 4.78 is 5.60. The molecule has 0 aliphatic heterocycles. The summed E-state index contributed by atoms with van der Waals surface area (Å²) in [6, 6.07) is 4.83. The van der Waals surface area contributed by atoms with Crippen molar-refractivity contribution in [1.82, 2.24) is 10.2 Å². The van der Waals surface area contributed by atoms with E-state index in [1.54, 1.807) is 18.2 Å². The largest absolute Gasteiger partial charge is 0.496 e. The number of aromatic nitrogens is 2. The van der Waals surface area contributed by atoms with Gasteiger partial charge >= 0.3 is 5.97 Å². The van der Waals surface area contributed by atoms with E-state index in [2.05, 4.69) is 31.3 Å². The van der Waals surface area contributed by atoms with Crippen molar-refractivity contribution in [2.45, 2.75) is 0 Å². The Balaban J connectivity index is 2.20. The molecule has 0 saturated carbocycles. The smallest absolute Gasteiger partial charge is 0.384 e. The van der Waals surface area contributed by atoms with Gasteiger partial charge in [0.15, 0.2) is 11.5 Å². The Labute approximate surface area is 133 Å². The minimum absolute atomic E-state index is 0.0432. The van der Waals surface area contributed by atoms with Crippen LogP contribution in [0.5, 0.6) is 5.75 Å². The maximum absolute atomic E-state index is 11.7. The molecule has 0 atom stereocenters. The highest BCUT2D eigenvalue weighted by atomic mass is 79.9. The second-order valence-electron chi connectivity index (χ2n) is 3.79. The molecule has 2 aromatic rings. The van der Waals surface area contributed by atoms with Gasteiger partial charge in [-0.2, -0.15) is 5.10 Å². The highest BCUT2D eigenvalue weighted by Gasteiger charge is 2.15. The molecule has 0 bridgehead atoms. The number of methoxy groups -OCH3 is 1. The zero-order chi connectivity index (χ0) is 15.4. The van der Waals surface area contributed by atoms with E-state index in [-0.39, 0.29) is 11.5 Å². The maximum Gasteiger partial charge on any atom is 0.384 e. The van der Waals surface area contributed by atoms with Gasteiger partial charge in [-0.25, -0.2) is 4.79 Å². The van der Waals surface area contributed by atoms with Crippen LogP contribution in [-0.2, 0) is 4.84 Å². The van der Waals surface area contributed by atoms with Crippen molar-refractivity contribution in [3.05, 3.63) is 45.1 Å². The molecule has 0 unspecified atom stereocenters. The van der Waals surface area contributed by atoms with Crippen LogP contribution in [0.3, 0.4) is 0 Å². The lowest BCUT2D eigenvalue weighted by molar-refractivity contribution is 0.0508. The van der Waals surface area contributed by atoms with Crippen molar-refractivity contribution >= 4 is 39.3 Å². The van der Waals surface area contributed by atoms with Gasteiger partial charge in [0.05, 0.1) is 23.3 Å². The summed E-state index contributed by atoms with van der Waals surface area (Å²) >= 11 is 9.03. The lowest BCUT2D eigenvalue weighted by atomic mass is 10.2. The molecule has 9 heteroatoms. The third-order valence-corrected chi connectivity index (χ3v) is 3.30. The molecule has 110 valence electrons. The second kappa shape index (κ2) is 6.59. The van der Waals surface area contributed by atoms with Gasteiger partial charge in [0.25, 0.3) is 0 Å².